The molecule has 0 fully saturated rings. The Kier molecular flexibility index (Phi) is 6.10. The van der Waals surface area contributed by atoms with Crippen molar-refractivity contribution in [1.82, 2.24) is 20.2 Å². The number of tetrazole rings is 1. The molecule has 3 rings (SSSR count). The van der Waals surface area contributed by atoms with Gasteiger partial charge in [0.2, 0.25) is 0 Å². The summed E-state index contributed by atoms with van der Waals surface area (Å²) in [6, 6.07) is 12.0. The lowest BCUT2D eigenvalue weighted by molar-refractivity contribution is -0.137. The van der Waals surface area contributed by atoms with Crippen molar-refractivity contribution in [2.45, 2.75) is 26.3 Å². The Hall–Kier alpha value is -3.43. The van der Waals surface area contributed by atoms with Crippen molar-refractivity contribution < 1.29 is 22.7 Å². The van der Waals surface area contributed by atoms with Crippen LogP contribution in [0.2, 0.25) is 0 Å². The number of nitrogens with zero attached hydrogens (tertiary/aromatic N) is 5. The second-order valence-corrected chi connectivity index (χ2v) is 6.18. The van der Waals surface area contributed by atoms with E-state index in [1.165, 1.54) is 16.8 Å². The van der Waals surface area contributed by atoms with Crippen molar-refractivity contribution >= 4 is 5.71 Å². The fourth-order valence-corrected chi connectivity index (χ4v) is 2.36. The van der Waals surface area contributed by atoms with Crippen molar-refractivity contribution in [3.8, 4) is 5.75 Å². The molecule has 0 bridgehead atoms. The Bertz CT molecular complexity index is 967. The van der Waals surface area contributed by atoms with Crippen LogP contribution in [0.15, 0.2) is 53.7 Å². The minimum absolute atomic E-state index is 0.0718. The smallest absolute Gasteiger partial charge is 0.416 e. The summed E-state index contributed by atoms with van der Waals surface area (Å²) in [5, 5.41) is 15.1. The molecule has 0 aliphatic carbocycles. The van der Waals surface area contributed by atoms with Gasteiger partial charge in [0.05, 0.1) is 11.3 Å². The van der Waals surface area contributed by atoms with Gasteiger partial charge in [-0.25, -0.2) is 4.68 Å². The van der Waals surface area contributed by atoms with E-state index in [0.717, 1.165) is 17.7 Å². The minimum atomic E-state index is -4.35. The normalized spacial score (nSPS) is 12.1. The van der Waals surface area contributed by atoms with Crippen molar-refractivity contribution in [3.63, 3.8) is 0 Å². The van der Waals surface area contributed by atoms with Crippen LogP contribution in [0.4, 0.5) is 13.2 Å². The number of oxime groups is 1. The molecule has 0 saturated carbocycles. The summed E-state index contributed by atoms with van der Waals surface area (Å²) in [5.74, 6) is 1.25. The highest BCUT2D eigenvalue weighted by Crippen LogP contribution is 2.29. The highest BCUT2D eigenvalue weighted by molar-refractivity contribution is 5.98. The molecule has 0 saturated heterocycles. The Morgan fingerprint density at radius 1 is 1.03 bits per heavy atom. The number of ether oxygens (including phenoxy) is 1. The van der Waals surface area contributed by atoms with Gasteiger partial charge in [0.1, 0.15) is 19.0 Å². The van der Waals surface area contributed by atoms with E-state index < -0.39 is 11.7 Å². The molecule has 2 aromatic carbocycles. The van der Waals surface area contributed by atoms with E-state index in [2.05, 4.69) is 20.7 Å². The standard InChI is InChI=1S/C19H18F3N5O2/c1-13(24-29-11-14-3-7-16(8-4-14)19(20,21)22)15-5-9-17(10-6-15)28-12-18-23-25-26-27(18)2/h3-10H,11-12H2,1-2H3. The average molecular weight is 405 g/mol. The molecule has 3 aromatic rings. The monoisotopic (exact) mass is 405 g/mol. The van der Waals surface area contributed by atoms with Crippen molar-refractivity contribution in [1.29, 1.82) is 0 Å². The zero-order valence-corrected chi connectivity index (χ0v) is 15.7. The first kappa shape index (κ1) is 20.3. The van der Waals surface area contributed by atoms with Gasteiger partial charge >= 0.3 is 6.18 Å². The number of alkyl halides is 3. The predicted molar refractivity (Wildman–Crippen MR) is 98.0 cm³/mol. The molecule has 0 radical (unpaired) electrons. The fourth-order valence-electron chi connectivity index (χ4n) is 2.36. The van der Waals surface area contributed by atoms with Gasteiger partial charge in [-0.05, 0) is 64.9 Å². The van der Waals surface area contributed by atoms with Gasteiger partial charge in [-0.15, -0.1) is 5.10 Å². The Morgan fingerprint density at radius 2 is 1.72 bits per heavy atom. The lowest BCUT2D eigenvalue weighted by Gasteiger charge is -2.08. The summed E-state index contributed by atoms with van der Waals surface area (Å²) in [6.07, 6.45) is -4.35. The van der Waals surface area contributed by atoms with Crippen molar-refractivity contribution in [2.75, 3.05) is 0 Å². The van der Waals surface area contributed by atoms with Gasteiger partial charge in [-0.3, -0.25) is 0 Å². The molecule has 0 spiro atoms. The summed E-state index contributed by atoms with van der Waals surface area (Å²) < 4.78 is 44.8. The van der Waals surface area contributed by atoms with Gasteiger partial charge in [0, 0.05) is 7.05 Å². The van der Waals surface area contributed by atoms with Crippen LogP contribution in [-0.4, -0.2) is 25.9 Å². The number of hydrogen-bond acceptors (Lipinski definition) is 6. The van der Waals surface area contributed by atoms with E-state index in [1.54, 1.807) is 26.1 Å². The third-order valence-electron chi connectivity index (χ3n) is 4.06. The van der Waals surface area contributed by atoms with Crippen LogP contribution in [0.25, 0.3) is 0 Å². The summed E-state index contributed by atoms with van der Waals surface area (Å²) in [6.45, 7) is 2.09. The summed E-state index contributed by atoms with van der Waals surface area (Å²) >= 11 is 0. The molecule has 0 atom stereocenters. The summed E-state index contributed by atoms with van der Waals surface area (Å²) in [7, 11) is 1.73. The highest BCUT2D eigenvalue weighted by Gasteiger charge is 2.29. The van der Waals surface area contributed by atoms with Gasteiger partial charge in [-0.2, -0.15) is 13.2 Å². The van der Waals surface area contributed by atoms with Crippen molar-refractivity contribution in [2.24, 2.45) is 12.2 Å². The molecule has 0 unspecified atom stereocenters. The second kappa shape index (κ2) is 8.72. The molecule has 1 heterocycles. The fraction of sp³-hybridized carbons (Fsp3) is 0.263. The summed E-state index contributed by atoms with van der Waals surface area (Å²) in [4.78, 5) is 5.25. The zero-order valence-electron chi connectivity index (χ0n) is 15.7. The largest absolute Gasteiger partial charge is 0.486 e. The maximum atomic E-state index is 12.6. The zero-order chi connectivity index (χ0) is 20.9. The van der Waals surface area contributed by atoms with Gasteiger partial charge in [0.15, 0.2) is 5.82 Å². The number of halogens is 3. The molecular formula is C19H18F3N5O2. The second-order valence-electron chi connectivity index (χ2n) is 6.18. The predicted octanol–water partition coefficient (Wildman–Crippen LogP) is 3.75. The van der Waals surface area contributed by atoms with E-state index >= 15 is 0 Å². The van der Waals surface area contributed by atoms with Crippen LogP contribution < -0.4 is 4.74 Å². The number of aryl methyl sites for hydroxylation is 1. The molecule has 1 aromatic heterocycles. The Morgan fingerprint density at radius 3 is 2.31 bits per heavy atom. The molecule has 152 valence electrons. The van der Waals surface area contributed by atoms with E-state index in [0.29, 0.717) is 22.8 Å². The molecule has 0 amide bonds. The maximum absolute atomic E-state index is 12.6. The van der Waals surface area contributed by atoms with Crippen LogP contribution in [-0.2, 0) is 31.3 Å². The SMILES string of the molecule is CC(=NOCc1ccc(C(F)(F)F)cc1)c1ccc(OCc2nnnn2C)cc1. The van der Waals surface area contributed by atoms with Crippen LogP contribution in [0.3, 0.4) is 0 Å². The third-order valence-corrected chi connectivity index (χ3v) is 4.06. The number of rotatable bonds is 7. The van der Waals surface area contributed by atoms with Gasteiger partial charge in [0.25, 0.3) is 0 Å². The van der Waals surface area contributed by atoms with Crippen LogP contribution in [0.5, 0.6) is 5.75 Å². The van der Waals surface area contributed by atoms with E-state index in [-0.39, 0.29) is 13.2 Å². The Balaban J connectivity index is 1.52. The molecule has 10 heteroatoms. The maximum Gasteiger partial charge on any atom is 0.416 e. The molecule has 7 nitrogen and oxygen atoms in total. The first-order valence-electron chi connectivity index (χ1n) is 8.60. The van der Waals surface area contributed by atoms with Gasteiger partial charge in [-0.1, -0.05) is 17.3 Å². The van der Waals surface area contributed by atoms with Crippen molar-refractivity contribution in [3.05, 3.63) is 71.0 Å². The van der Waals surface area contributed by atoms with Crippen LogP contribution in [0, 0.1) is 0 Å². The van der Waals surface area contributed by atoms with Crippen LogP contribution >= 0.6 is 0 Å². The average Bonchev–Trinajstić information content (AvgIpc) is 3.11. The quantitative estimate of drug-likeness (QED) is 0.442. The number of aromatic nitrogens is 4. The van der Waals surface area contributed by atoms with Gasteiger partial charge < -0.3 is 9.57 Å². The van der Waals surface area contributed by atoms with Crippen LogP contribution in [0.1, 0.15) is 29.4 Å². The molecule has 0 N–H and O–H groups in total. The molecule has 0 aliphatic heterocycles. The highest BCUT2D eigenvalue weighted by atomic mass is 19.4. The first-order valence-corrected chi connectivity index (χ1v) is 8.60. The molecule has 0 aliphatic rings. The third kappa shape index (κ3) is 5.53. The first-order chi connectivity index (χ1) is 13.8. The molecular weight excluding hydrogens is 387 g/mol. The summed E-state index contributed by atoms with van der Waals surface area (Å²) in [5.41, 5.74) is 1.35. The number of hydrogen-bond donors (Lipinski definition) is 0. The van der Waals surface area contributed by atoms with E-state index in [9.17, 15) is 13.2 Å². The number of benzene rings is 2. The van der Waals surface area contributed by atoms with E-state index in [4.69, 9.17) is 9.57 Å². The topological polar surface area (TPSA) is 74.4 Å². The van der Waals surface area contributed by atoms with E-state index in [1.807, 2.05) is 12.1 Å². The minimum Gasteiger partial charge on any atom is -0.486 e. The Labute approximate surface area is 164 Å². The lowest BCUT2D eigenvalue weighted by Crippen LogP contribution is -2.05. The lowest BCUT2D eigenvalue weighted by atomic mass is 10.1. The molecule has 29 heavy (non-hydrogen) atoms.